The largest absolute Gasteiger partial charge is 0.490 e. The number of hydrogen-bond acceptors (Lipinski definition) is 6. The van der Waals surface area contributed by atoms with E-state index in [1.54, 1.807) is 23.0 Å². The Labute approximate surface area is 207 Å². The molecule has 1 aromatic carbocycles. The number of carboxylic acids is 1. The number of aliphatic hydroxyl groups is 1. The van der Waals surface area contributed by atoms with Crippen molar-refractivity contribution in [2.45, 2.75) is 64.0 Å². The molecule has 0 spiro atoms. The van der Waals surface area contributed by atoms with Crippen molar-refractivity contribution in [3.63, 3.8) is 0 Å². The molecule has 10 heteroatoms. The van der Waals surface area contributed by atoms with Crippen LogP contribution in [0, 0.1) is 11.7 Å². The molecule has 0 radical (unpaired) electrons. The fourth-order valence-electron chi connectivity index (χ4n) is 4.15. The summed E-state index contributed by atoms with van der Waals surface area (Å²) in [4.78, 5) is 25.1. The number of rotatable bonds is 13. The fourth-order valence-corrected chi connectivity index (χ4v) is 4.15. The van der Waals surface area contributed by atoms with Gasteiger partial charge in [-0.05, 0) is 80.2 Å². The van der Waals surface area contributed by atoms with Gasteiger partial charge in [-0.15, -0.1) is 5.10 Å². The molecular formula is C26H31FN4O5. The third-order valence-corrected chi connectivity index (χ3v) is 6.62. The minimum atomic E-state index is -1.29. The van der Waals surface area contributed by atoms with Crippen molar-refractivity contribution < 1.29 is 24.1 Å². The van der Waals surface area contributed by atoms with Gasteiger partial charge in [0.1, 0.15) is 11.3 Å². The van der Waals surface area contributed by atoms with Crippen molar-refractivity contribution in [2.75, 3.05) is 6.61 Å². The molecule has 0 amide bonds. The van der Waals surface area contributed by atoms with Gasteiger partial charge in [-0.25, -0.2) is 13.9 Å². The molecule has 192 valence electrons. The maximum Gasteiger partial charge on any atom is 0.352 e. The van der Waals surface area contributed by atoms with Gasteiger partial charge in [0.25, 0.3) is 0 Å². The SMILES string of the molecule is CC[C@@](O)(Cn1nncc1CCCCc1cc(C(=O)O)[nH]c(=O)c1)c1ccc(F)c(OCC2CC2)c1. The van der Waals surface area contributed by atoms with Crippen LogP contribution in [0.3, 0.4) is 0 Å². The molecular weight excluding hydrogens is 467 g/mol. The molecule has 0 aliphatic heterocycles. The number of pyridine rings is 1. The van der Waals surface area contributed by atoms with Crippen LogP contribution in [0.5, 0.6) is 5.75 Å². The first-order chi connectivity index (χ1) is 17.3. The number of benzene rings is 1. The van der Waals surface area contributed by atoms with Crippen molar-refractivity contribution in [1.82, 2.24) is 20.0 Å². The van der Waals surface area contributed by atoms with Crippen LogP contribution in [-0.2, 0) is 25.0 Å². The standard InChI is InChI=1S/C26H31FN4O5/c1-2-26(35,19-9-10-21(27)23(13-19)36-15-17-7-8-17)16-31-20(14-28-30-31)6-4-3-5-18-11-22(25(33)34)29-24(32)12-18/h9-14,17,35H,2-8,15-16H2,1H3,(H,29,32)(H,33,34)/t26-/m1/s1. The summed E-state index contributed by atoms with van der Waals surface area (Å²) >= 11 is 0. The molecule has 1 aliphatic carbocycles. The molecule has 1 fully saturated rings. The number of carboxylic acid groups (broad SMARTS) is 1. The average Bonchev–Trinajstić information content (AvgIpc) is 3.59. The van der Waals surface area contributed by atoms with E-state index < -0.39 is 22.9 Å². The lowest BCUT2D eigenvalue weighted by Crippen LogP contribution is -2.32. The van der Waals surface area contributed by atoms with Gasteiger partial charge in [0, 0.05) is 6.07 Å². The van der Waals surface area contributed by atoms with Crippen molar-refractivity contribution in [3.8, 4) is 5.75 Å². The first-order valence-corrected chi connectivity index (χ1v) is 12.3. The van der Waals surface area contributed by atoms with Gasteiger partial charge in [-0.1, -0.05) is 18.2 Å². The minimum Gasteiger partial charge on any atom is -0.490 e. The molecule has 0 unspecified atom stereocenters. The van der Waals surface area contributed by atoms with Gasteiger partial charge in [0.05, 0.1) is 25.0 Å². The van der Waals surface area contributed by atoms with E-state index in [0.29, 0.717) is 42.9 Å². The smallest absolute Gasteiger partial charge is 0.352 e. The number of unbranched alkanes of at least 4 members (excludes halogenated alkanes) is 1. The number of halogens is 1. The molecule has 4 rings (SSSR count). The molecule has 1 atom stereocenters. The molecule has 36 heavy (non-hydrogen) atoms. The summed E-state index contributed by atoms with van der Waals surface area (Å²) in [5.74, 6) is -0.987. The maximum absolute atomic E-state index is 14.3. The number of nitrogens with one attached hydrogen (secondary N) is 1. The van der Waals surface area contributed by atoms with Gasteiger partial charge < -0.3 is 19.9 Å². The van der Waals surface area contributed by atoms with Crippen LogP contribution in [0.2, 0.25) is 0 Å². The van der Waals surface area contributed by atoms with Crippen molar-refractivity contribution >= 4 is 5.97 Å². The van der Waals surface area contributed by atoms with Crippen LogP contribution in [0.15, 0.2) is 41.3 Å². The maximum atomic E-state index is 14.3. The molecule has 3 aromatic rings. The number of ether oxygens (including phenoxy) is 1. The third kappa shape index (κ3) is 6.37. The summed E-state index contributed by atoms with van der Waals surface area (Å²) in [6.45, 7) is 2.49. The summed E-state index contributed by atoms with van der Waals surface area (Å²) in [5.41, 5.74) is 0.215. The lowest BCUT2D eigenvalue weighted by molar-refractivity contribution is 0.00940. The second-order valence-corrected chi connectivity index (χ2v) is 9.45. The van der Waals surface area contributed by atoms with Gasteiger partial charge in [0.15, 0.2) is 11.6 Å². The number of nitrogens with zero attached hydrogens (tertiary/aromatic N) is 3. The van der Waals surface area contributed by atoms with Crippen molar-refractivity contribution in [2.24, 2.45) is 5.92 Å². The lowest BCUT2D eigenvalue weighted by Gasteiger charge is -2.28. The Kier molecular flexibility index (Phi) is 7.83. The summed E-state index contributed by atoms with van der Waals surface area (Å²) in [6, 6.07) is 7.36. The molecule has 2 heterocycles. The first-order valence-electron chi connectivity index (χ1n) is 12.3. The molecule has 1 aliphatic rings. The first kappa shape index (κ1) is 25.6. The van der Waals surface area contributed by atoms with Crippen LogP contribution in [-0.4, -0.2) is 42.8 Å². The summed E-state index contributed by atoms with van der Waals surface area (Å²) in [5, 5.41) is 28.7. The van der Waals surface area contributed by atoms with Crippen LogP contribution < -0.4 is 10.3 Å². The number of aromatic amines is 1. The van der Waals surface area contributed by atoms with E-state index in [2.05, 4.69) is 15.3 Å². The van der Waals surface area contributed by atoms with Gasteiger partial charge in [-0.2, -0.15) is 0 Å². The Balaban J connectivity index is 1.38. The van der Waals surface area contributed by atoms with E-state index in [4.69, 9.17) is 9.84 Å². The highest BCUT2D eigenvalue weighted by Crippen LogP contribution is 2.33. The Morgan fingerprint density at radius 2 is 2.03 bits per heavy atom. The second-order valence-electron chi connectivity index (χ2n) is 9.45. The Hall–Kier alpha value is -3.53. The zero-order valence-electron chi connectivity index (χ0n) is 20.2. The Morgan fingerprint density at radius 3 is 2.75 bits per heavy atom. The highest BCUT2D eigenvalue weighted by Gasteiger charge is 2.31. The van der Waals surface area contributed by atoms with Crippen LogP contribution >= 0.6 is 0 Å². The molecule has 1 saturated carbocycles. The molecule has 3 N–H and O–H groups in total. The molecule has 0 bridgehead atoms. The summed E-state index contributed by atoms with van der Waals surface area (Å²) < 4.78 is 21.6. The fraction of sp³-hybridized carbons (Fsp3) is 0.462. The highest BCUT2D eigenvalue weighted by molar-refractivity contribution is 5.85. The van der Waals surface area contributed by atoms with E-state index >= 15 is 0 Å². The van der Waals surface area contributed by atoms with E-state index in [9.17, 15) is 19.1 Å². The van der Waals surface area contributed by atoms with Gasteiger partial charge in [0.2, 0.25) is 5.56 Å². The Morgan fingerprint density at radius 1 is 1.25 bits per heavy atom. The van der Waals surface area contributed by atoms with E-state index in [0.717, 1.165) is 31.4 Å². The van der Waals surface area contributed by atoms with Crippen molar-refractivity contribution in [3.05, 3.63) is 75.2 Å². The van der Waals surface area contributed by atoms with Crippen molar-refractivity contribution in [1.29, 1.82) is 0 Å². The predicted molar refractivity (Wildman–Crippen MR) is 129 cm³/mol. The number of carbonyl (C=O) groups is 1. The number of aromatic nitrogens is 4. The van der Waals surface area contributed by atoms with E-state index in [1.807, 2.05) is 6.92 Å². The van der Waals surface area contributed by atoms with Crippen LogP contribution in [0.4, 0.5) is 4.39 Å². The monoisotopic (exact) mass is 498 g/mol. The number of aryl methyl sites for hydroxylation is 2. The highest BCUT2D eigenvalue weighted by atomic mass is 19.1. The predicted octanol–water partition coefficient (Wildman–Crippen LogP) is 3.46. The normalized spacial score (nSPS) is 15.0. The molecule has 0 saturated heterocycles. The Bertz CT molecular complexity index is 1270. The number of H-pyrrole nitrogens is 1. The topological polar surface area (TPSA) is 130 Å². The van der Waals surface area contributed by atoms with Gasteiger partial charge >= 0.3 is 5.97 Å². The van der Waals surface area contributed by atoms with Crippen LogP contribution in [0.1, 0.15) is 66.3 Å². The zero-order valence-corrected chi connectivity index (χ0v) is 20.2. The van der Waals surface area contributed by atoms with E-state index in [-0.39, 0.29) is 18.0 Å². The average molecular weight is 499 g/mol. The summed E-state index contributed by atoms with van der Waals surface area (Å²) in [6.07, 6.45) is 6.92. The molecule has 2 aromatic heterocycles. The minimum absolute atomic E-state index is 0.125. The van der Waals surface area contributed by atoms with Gasteiger partial charge in [-0.3, -0.25) is 4.79 Å². The lowest BCUT2D eigenvalue weighted by atomic mass is 9.90. The molecule has 9 nitrogen and oxygen atoms in total. The second kappa shape index (κ2) is 11.0. The number of aromatic carboxylic acids is 1. The summed E-state index contributed by atoms with van der Waals surface area (Å²) in [7, 11) is 0. The quantitative estimate of drug-likeness (QED) is 0.308. The van der Waals surface area contributed by atoms with E-state index in [1.165, 1.54) is 18.2 Å². The third-order valence-electron chi connectivity index (χ3n) is 6.62. The number of hydrogen-bond donors (Lipinski definition) is 3. The van der Waals surface area contributed by atoms with Crippen LogP contribution in [0.25, 0.3) is 0 Å². The zero-order chi connectivity index (χ0) is 25.7.